The second kappa shape index (κ2) is 9.58. The van der Waals surface area contributed by atoms with Gasteiger partial charge in [-0.3, -0.25) is 4.99 Å². The van der Waals surface area contributed by atoms with Crippen LogP contribution in [0.5, 0.6) is 0 Å². The molecule has 3 fully saturated rings. The van der Waals surface area contributed by atoms with Gasteiger partial charge in [-0.2, -0.15) is 0 Å². The number of aliphatic imine (C=N–C) groups is 1. The number of hydrogen-bond acceptors (Lipinski definition) is 5. The molecule has 1 aromatic rings. The average molecular weight is 500 g/mol. The summed E-state index contributed by atoms with van der Waals surface area (Å²) >= 11 is 0. The van der Waals surface area contributed by atoms with Crippen LogP contribution >= 0.6 is 24.0 Å². The summed E-state index contributed by atoms with van der Waals surface area (Å²) in [6.45, 7) is 8.97. The monoisotopic (exact) mass is 500 g/mol. The van der Waals surface area contributed by atoms with Gasteiger partial charge in [0.25, 0.3) is 0 Å². The van der Waals surface area contributed by atoms with E-state index in [2.05, 4.69) is 49.2 Å². The summed E-state index contributed by atoms with van der Waals surface area (Å²) in [5, 5.41) is 3.55. The fraction of sp³-hybridized carbons (Fsp3) is 0.700. The molecule has 0 amide bonds. The van der Waals surface area contributed by atoms with E-state index in [1.165, 1.54) is 18.4 Å². The third-order valence-corrected chi connectivity index (χ3v) is 6.22. The van der Waals surface area contributed by atoms with Crippen molar-refractivity contribution >= 4 is 35.8 Å². The van der Waals surface area contributed by atoms with E-state index >= 15 is 0 Å². The van der Waals surface area contributed by atoms with Crippen LogP contribution in [-0.2, 0) is 11.3 Å². The van der Waals surface area contributed by atoms with Crippen molar-refractivity contribution in [3.05, 3.63) is 23.9 Å². The Kier molecular flexibility index (Phi) is 7.38. The highest BCUT2D eigenvalue weighted by Crippen LogP contribution is 2.38. The van der Waals surface area contributed by atoms with E-state index in [0.717, 1.165) is 70.8 Å². The Balaban J connectivity index is 0.00000225. The van der Waals surface area contributed by atoms with Crippen LogP contribution in [0.3, 0.4) is 0 Å². The fourth-order valence-electron chi connectivity index (χ4n) is 4.38. The van der Waals surface area contributed by atoms with Crippen LogP contribution in [-0.4, -0.2) is 87.3 Å². The molecule has 8 heteroatoms. The zero-order valence-electron chi connectivity index (χ0n) is 17.1. The van der Waals surface area contributed by atoms with Gasteiger partial charge < -0.3 is 24.8 Å². The van der Waals surface area contributed by atoms with Crippen molar-refractivity contribution in [2.24, 2.45) is 10.4 Å². The highest BCUT2D eigenvalue weighted by molar-refractivity contribution is 14.0. The zero-order chi connectivity index (χ0) is 18.7. The predicted octanol–water partition coefficient (Wildman–Crippen LogP) is 1.64. The summed E-state index contributed by atoms with van der Waals surface area (Å²) in [5.41, 5.74) is 1.60. The van der Waals surface area contributed by atoms with Crippen molar-refractivity contribution in [1.82, 2.24) is 20.1 Å². The molecule has 0 aromatic carbocycles. The van der Waals surface area contributed by atoms with Crippen molar-refractivity contribution in [2.75, 3.05) is 71.5 Å². The molecule has 1 spiro atoms. The number of ether oxygens (including phenoxy) is 1. The van der Waals surface area contributed by atoms with Gasteiger partial charge in [-0.05, 0) is 37.6 Å². The molecule has 1 aromatic heterocycles. The summed E-state index contributed by atoms with van der Waals surface area (Å²) in [5.74, 6) is 2.08. The minimum atomic E-state index is 0. The number of likely N-dealkylation sites (N-methyl/N-ethyl adjacent to an activating group) is 1. The summed E-state index contributed by atoms with van der Waals surface area (Å²) in [7, 11) is 4.05. The normalized spacial score (nSPS) is 26.0. The van der Waals surface area contributed by atoms with Crippen molar-refractivity contribution in [2.45, 2.75) is 19.4 Å². The molecule has 0 aliphatic carbocycles. The van der Waals surface area contributed by atoms with E-state index in [-0.39, 0.29) is 24.0 Å². The summed E-state index contributed by atoms with van der Waals surface area (Å²) in [4.78, 5) is 16.2. The first kappa shape index (κ1) is 21.6. The molecule has 4 heterocycles. The first-order chi connectivity index (χ1) is 13.2. The number of piperazine rings is 1. The van der Waals surface area contributed by atoms with Crippen LogP contribution in [0.15, 0.2) is 23.3 Å². The minimum absolute atomic E-state index is 0. The number of rotatable bonds is 3. The molecule has 3 aliphatic rings. The Bertz CT molecular complexity index is 670. The van der Waals surface area contributed by atoms with Gasteiger partial charge in [-0.15, -0.1) is 24.0 Å². The summed E-state index contributed by atoms with van der Waals surface area (Å²) < 4.78 is 5.65. The molecule has 1 unspecified atom stereocenters. The highest BCUT2D eigenvalue weighted by Gasteiger charge is 2.42. The topological polar surface area (TPSA) is 56.2 Å². The Morgan fingerprint density at radius 3 is 2.79 bits per heavy atom. The van der Waals surface area contributed by atoms with E-state index in [4.69, 9.17) is 4.74 Å². The van der Waals surface area contributed by atoms with Crippen molar-refractivity contribution in [3.8, 4) is 0 Å². The lowest BCUT2D eigenvalue weighted by Gasteiger charge is -2.33. The van der Waals surface area contributed by atoms with Crippen LogP contribution in [0, 0.1) is 5.41 Å². The number of aromatic nitrogens is 1. The maximum atomic E-state index is 5.65. The number of halogens is 1. The lowest BCUT2D eigenvalue weighted by atomic mass is 9.87. The van der Waals surface area contributed by atoms with Crippen LogP contribution in [0.4, 0.5) is 5.82 Å². The number of pyridine rings is 1. The second-order valence-electron chi connectivity index (χ2n) is 8.19. The van der Waals surface area contributed by atoms with Gasteiger partial charge in [0.2, 0.25) is 0 Å². The Morgan fingerprint density at radius 2 is 2.07 bits per heavy atom. The molecular formula is C20H33IN6O. The lowest BCUT2D eigenvalue weighted by Crippen LogP contribution is -2.44. The Labute approximate surface area is 185 Å². The molecule has 156 valence electrons. The van der Waals surface area contributed by atoms with Gasteiger partial charge in [-0.1, -0.05) is 0 Å². The maximum Gasteiger partial charge on any atom is 0.193 e. The number of likely N-dealkylation sites (tertiary alicyclic amines) is 1. The number of nitrogens with one attached hydrogen (secondary N) is 1. The zero-order valence-corrected chi connectivity index (χ0v) is 19.4. The fourth-order valence-corrected chi connectivity index (χ4v) is 4.38. The smallest absolute Gasteiger partial charge is 0.193 e. The van der Waals surface area contributed by atoms with E-state index in [0.29, 0.717) is 5.41 Å². The van der Waals surface area contributed by atoms with Crippen LogP contribution in [0.2, 0.25) is 0 Å². The number of nitrogens with zero attached hydrogens (tertiary/aromatic N) is 5. The third-order valence-electron chi connectivity index (χ3n) is 6.22. The first-order valence-electron chi connectivity index (χ1n) is 10.1. The Morgan fingerprint density at radius 1 is 1.25 bits per heavy atom. The number of guanidine groups is 1. The Hall–Kier alpha value is -1.13. The minimum Gasteiger partial charge on any atom is -0.381 e. The van der Waals surface area contributed by atoms with E-state index in [1.807, 2.05) is 13.2 Å². The maximum absolute atomic E-state index is 5.65. The summed E-state index contributed by atoms with van der Waals surface area (Å²) in [6.07, 6.45) is 4.31. The van der Waals surface area contributed by atoms with Crippen LogP contribution < -0.4 is 10.2 Å². The van der Waals surface area contributed by atoms with Gasteiger partial charge in [0.05, 0.1) is 6.61 Å². The molecule has 0 radical (unpaired) electrons. The van der Waals surface area contributed by atoms with Gasteiger partial charge in [0.15, 0.2) is 5.96 Å². The molecule has 1 atom stereocenters. The van der Waals surface area contributed by atoms with Gasteiger partial charge >= 0.3 is 0 Å². The van der Waals surface area contributed by atoms with Crippen LogP contribution in [0.25, 0.3) is 0 Å². The molecule has 4 rings (SSSR count). The van der Waals surface area contributed by atoms with E-state index in [9.17, 15) is 0 Å². The predicted molar refractivity (Wildman–Crippen MR) is 124 cm³/mol. The molecule has 28 heavy (non-hydrogen) atoms. The van der Waals surface area contributed by atoms with Gasteiger partial charge in [0, 0.05) is 71.1 Å². The lowest BCUT2D eigenvalue weighted by molar-refractivity contribution is 0.156. The molecule has 1 N–H and O–H groups in total. The standard InChI is InChI=1S/C20H32N6O.HI/c1-21-19(26-7-4-20(15-26)5-12-27-16-20)23-14-17-3-6-22-18(13-17)25-10-8-24(2)9-11-25;/h3,6,13H,4-5,7-12,14-16H2,1-2H3,(H,21,23);1H. The molecule has 3 saturated heterocycles. The van der Waals surface area contributed by atoms with Crippen LogP contribution in [0.1, 0.15) is 18.4 Å². The number of hydrogen-bond donors (Lipinski definition) is 1. The highest BCUT2D eigenvalue weighted by atomic mass is 127. The first-order valence-corrected chi connectivity index (χ1v) is 10.1. The molecule has 0 bridgehead atoms. The van der Waals surface area contributed by atoms with E-state index < -0.39 is 0 Å². The van der Waals surface area contributed by atoms with E-state index in [1.54, 1.807) is 0 Å². The molecular weight excluding hydrogens is 467 g/mol. The average Bonchev–Trinajstić information content (AvgIpc) is 3.33. The van der Waals surface area contributed by atoms with Crippen molar-refractivity contribution in [1.29, 1.82) is 0 Å². The van der Waals surface area contributed by atoms with Crippen molar-refractivity contribution < 1.29 is 4.74 Å². The number of anilines is 1. The van der Waals surface area contributed by atoms with Gasteiger partial charge in [-0.25, -0.2) is 4.98 Å². The molecule has 3 aliphatic heterocycles. The van der Waals surface area contributed by atoms with Crippen molar-refractivity contribution in [3.63, 3.8) is 0 Å². The van der Waals surface area contributed by atoms with Gasteiger partial charge in [0.1, 0.15) is 5.82 Å². The third kappa shape index (κ3) is 4.88. The quantitative estimate of drug-likeness (QED) is 0.387. The molecule has 0 saturated carbocycles. The molecule has 7 nitrogen and oxygen atoms in total. The second-order valence-corrected chi connectivity index (χ2v) is 8.19. The SMILES string of the molecule is CN=C(NCc1ccnc(N2CCN(C)CC2)c1)N1CCC2(CCOC2)C1.I. The summed E-state index contributed by atoms with van der Waals surface area (Å²) in [6, 6.07) is 4.30. The largest absolute Gasteiger partial charge is 0.381 e.